The highest BCUT2D eigenvalue weighted by Crippen LogP contribution is 2.26. The molecule has 29 heavy (non-hydrogen) atoms. The van der Waals surface area contributed by atoms with E-state index < -0.39 is 0 Å². The molecule has 4 nitrogen and oxygen atoms in total. The minimum absolute atomic E-state index is 0.0630. The van der Waals surface area contributed by atoms with E-state index >= 15 is 0 Å². The predicted octanol–water partition coefficient (Wildman–Crippen LogP) is 6.19. The van der Waals surface area contributed by atoms with Crippen LogP contribution in [0.3, 0.4) is 0 Å². The molecule has 0 N–H and O–H groups in total. The number of carbonyl (C=O) groups excluding carboxylic acids is 3. The Kier molecular flexibility index (Phi) is 13.0. The molecule has 0 saturated heterocycles. The molecular formula is C23H34O4S2. The summed E-state index contributed by atoms with van der Waals surface area (Å²) in [6, 6.07) is 5.80. The summed E-state index contributed by atoms with van der Waals surface area (Å²) in [6.45, 7) is 7.79. The lowest BCUT2D eigenvalue weighted by molar-refractivity contribution is -0.122. The van der Waals surface area contributed by atoms with Crippen molar-refractivity contribution in [3.63, 3.8) is 0 Å². The molecule has 0 aliphatic carbocycles. The summed E-state index contributed by atoms with van der Waals surface area (Å²) in [5, 5.41) is 0.136. The summed E-state index contributed by atoms with van der Waals surface area (Å²) in [4.78, 5) is 34.8. The van der Waals surface area contributed by atoms with E-state index in [1.54, 1.807) is 13.8 Å². The average Bonchev–Trinajstić information content (AvgIpc) is 2.68. The third kappa shape index (κ3) is 11.5. The maximum Gasteiger partial charge on any atom is 0.186 e. The molecule has 0 aromatic heterocycles. The van der Waals surface area contributed by atoms with Crippen LogP contribution < -0.4 is 4.74 Å². The van der Waals surface area contributed by atoms with E-state index in [1.165, 1.54) is 36.4 Å². The highest BCUT2D eigenvalue weighted by atomic mass is 32.2. The smallest absolute Gasteiger partial charge is 0.186 e. The SMILES string of the molecule is CCCCC[C@H](C)C(=O)CCCOc1ccc(CSC(C)=O)c(CSC(C)=O)c1. The van der Waals surface area contributed by atoms with E-state index in [0.29, 0.717) is 36.7 Å². The molecule has 0 aliphatic rings. The Hall–Kier alpha value is -1.27. The number of rotatable bonds is 14. The molecule has 0 fully saturated rings. The van der Waals surface area contributed by atoms with Gasteiger partial charge in [0.25, 0.3) is 0 Å². The Morgan fingerprint density at radius 1 is 0.966 bits per heavy atom. The van der Waals surface area contributed by atoms with Crippen LogP contribution in [-0.4, -0.2) is 22.6 Å². The molecule has 0 saturated carbocycles. The molecule has 6 heteroatoms. The first-order valence-electron chi connectivity index (χ1n) is 10.4. The average molecular weight is 439 g/mol. The molecule has 0 unspecified atom stereocenters. The molecule has 1 rings (SSSR count). The first-order chi connectivity index (χ1) is 13.8. The van der Waals surface area contributed by atoms with Crippen LogP contribution in [0.2, 0.25) is 0 Å². The number of thioether (sulfide) groups is 2. The van der Waals surface area contributed by atoms with Gasteiger partial charge in [-0.25, -0.2) is 0 Å². The summed E-state index contributed by atoms with van der Waals surface area (Å²) in [5.74, 6) is 2.35. The standard InChI is InChI=1S/C23H34O4S2/c1-5-6-7-9-17(2)23(26)10-8-13-27-22-12-11-20(15-28-18(3)24)21(14-22)16-29-19(4)25/h11-12,14,17H,5-10,13,15-16H2,1-4H3/t17-/m0/s1. The third-order valence-electron chi connectivity index (χ3n) is 4.67. The predicted molar refractivity (Wildman–Crippen MR) is 123 cm³/mol. The van der Waals surface area contributed by atoms with Crippen LogP contribution in [0.25, 0.3) is 0 Å². The lowest BCUT2D eigenvalue weighted by atomic mass is 9.96. The lowest BCUT2D eigenvalue weighted by Crippen LogP contribution is -2.12. The summed E-state index contributed by atoms with van der Waals surface area (Å²) in [7, 11) is 0. The van der Waals surface area contributed by atoms with Gasteiger partial charge in [0, 0.05) is 37.7 Å². The fourth-order valence-corrected chi connectivity index (χ4v) is 4.14. The Morgan fingerprint density at radius 3 is 2.24 bits per heavy atom. The van der Waals surface area contributed by atoms with Gasteiger partial charge in [-0.2, -0.15) is 0 Å². The molecule has 0 spiro atoms. The van der Waals surface area contributed by atoms with Crippen molar-refractivity contribution in [2.24, 2.45) is 5.92 Å². The van der Waals surface area contributed by atoms with Crippen molar-refractivity contribution in [2.45, 2.75) is 77.7 Å². The fourth-order valence-electron chi connectivity index (χ4n) is 2.87. The summed E-state index contributed by atoms with van der Waals surface area (Å²) >= 11 is 2.51. The van der Waals surface area contributed by atoms with E-state index in [4.69, 9.17) is 4.74 Å². The van der Waals surface area contributed by atoms with Crippen LogP contribution in [0.5, 0.6) is 5.75 Å². The van der Waals surface area contributed by atoms with Crippen molar-refractivity contribution in [2.75, 3.05) is 6.61 Å². The topological polar surface area (TPSA) is 60.4 Å². The normalized spacial score (nSPS) is 11.9. The van der Waals surface area contributed by atoms with Crippen LogP contribution in [0, 0.1) is 5.92 Å². The van der Waals surface area contributed by atoms with Crippen LogP contribution in [-0.2, 0) is 25.9 Å². The van der Waals surface area contributed by atoms with Gasteiger partial charge in [-0.3, -0.25) is 14.4 Å². The van der Waals surface area contributed by atoms with Crippen LogP contribution >= 0.6 is 23.5 Å². The number of Topliss-reactive ketones (excluding diaryl/α,β-unsaturated/α-hetero) is 1. The van der Waals surface area contributed by atoms with E-state index in [0.717, 1.165) is 29.7 Å². The van der Waals surface area contributed by atoms with Gasteiger partial charge in [-0.05, 0) is 36.1 Å². The number of hydrogen-bond acceptors (Lipinski definition) is 6. The zero-order valence-electron chi connectivity index (χ0n) is 18.1. The zero-order chi connectivity index (χ0) is 21.6. The highest BCUT2D eigenvalue weighted by molar-refractivity contribution is 8.13. The van der Waals surface area contributed by atoms with Crippen molar-refractivity contribution in [1.82, 2.24) is 0 Å². The Labute approximate surface area is 183 Å². The van der Waals surface area contributed by atoms with Crippen LogP contribution in [0.1, 0.15) is 77.3 Å². The number of carbonyl (C=O) groups is 3. The van der Waals surface area contributed by atoms with E-state index in [-0.39, 0.29) is 16.1 Å². The summed E-state index contributed by atoms with van der Waals surface area (Å²) in [5.41, 5.74) is 2.06. The number of hydrogen-bond donors (Lipinski definition) is 0. The van der Waals surface area contributed by atoms with Crippen molar-refractivity contribution in [3.05, 3.63) is 29.3 Å². The summed E-state index contributed by atoms with van der Waals surface area (Å²) in [6.07, 6.45) is 5.71. The molecule has 0 amide bonds. The summed E-state index contributed by atoms with van der Waals surface area (Å²) < 4.78 is 5.84. The second kappa shape index (κ2) is 14.7. The lowest BCUT2D eigenvalue weighted by Gasteiger charge is -2.13. The molecule has 0 radical (unpaired) electrons. The minimum atomic E-state index is 0.0630. The molecule has 0 aliphatic heterocycles. The largest absolute Gasteiger partial charge is 0.494 e. The maximum atomic E-state index is 12.2. The van der Waals surface area contributed by atoms with Gasteiger partial charge in [-0.15, -0.1) is 0 Å². The minimum Gasteiger partial charge on any atom is -0.494 e. The maximum absolute atomic E-state index is 12.2. The quantitative estimate of drug-likeness (QED) is 0.323. The van der Waals surface area contributed by atoms with Crippen molar-refractivity contribution >= 4 is 39.5 Å². The number of ether oxygens (including phenoxy) is 1. The molecule has 1 aromatic rings. The molecule has 1 atom stereocenters. The molecule has 162 valence electrons. The highest BCUT2D eigenvalue weighted by Gasteiger charge is 2.12. The number of unbranched alkanes of at least 4 members (excludes halogenated alkanes) is 2. The van der Waals surface area contributed by atoms with Gasteiger partial charge < -0.3 is 4.74 Å². The van der Waals surface area contributed by atoms with Crippen LogP contribution in [0.15, 0.2) is 18.2 Å². The van der Waals surface area contributed by atoms with Gasteiger partial charge in [0.1, 0.15) is 11.5 Å². The molecule has 0 heterocycles. The molecule has 0 bridgehead atoms. The molecular weight excluding hydrogens is 404 g/mol. The van der Waals surface area contributed by atoms with E-state index in [2.05, 4.69) is 6.92 Å². The number of benzene rings is 1. The Balaban J connectivity index is 2.53. The van der Waals surface area contributed by atoms with Gasteiger partial charge in [-0.1, -0.05) is 62.7 Å². The first kappa shape index (κ1) is 25.8. The second-order valence-electron chi connectivity index (χ2n) is 7.31. The second-order valence-corrected chi connectivity index (χ2v) is 9.61. The van der Waals surface area contributed by atoms with Gasteiger partial charge in [0.15, 0.2) is 10.2 Å². The van der Waals surface area contributed by atoms with Gasteiger partial charge >= 0.3 is 0 Å². The first-order valence-corrected chi connectivity index (χ1v) is 12.3. The monoisotopic (exact) mass is 438 g/mol. The van der Waals surface area contributed by atoms with Gasteiger partial charge in [0.2, 0.25) is 0 Å². The Morgan fingerprint density at radius 2 is 1.62 bits per heavy atom. The van der Waals surface area contributed by atoms with Crippen molar-refractivity contribution in [1.29, 1.82) is 0 Å². The van der Waals surface area contributed by atoms with Crippen molar-refractivity contribution in [3.8, 4) is 5.75 Å². The van der Waals surface area contributed by atoms with Crippen molar-refractivity contribution < 1.29 is 19.1 Å². The Bertz CT molecular complexity index is 673. The third-order valence-corrected chi connectivity index (χ3v) is 6.39. The van der Waals surface area contributed by atoms with E-state index in [9.17, 15) is 14.4 Å². The molecule has 1 aromatic carbocycles. The zero-order valence-corrected chi connectivity index (χ0v) is 19.8. The van der Waals surface area contributed by atoms with E-state index in [1.807, 2.05) is 25.1 Å². The van der Waals surface area contributed by atoms with Gasteiger partial charge in [0.05, 0.1) is 6.61 Å². The number of ketones is 1. The van der Waals surface area contributed by atoms with Crippen LogP contribution in [0.4, 0.5) is 0 Å². The fraction of sp³-hybridized carbons (Fsp3) is 0.609.